The molecular weight excluding hydrogens is 298 g/mol. The second-order valence-electron chi connectivity index (χ2n) is 4.55. The van der Waals surface area contributed by atoms with E-state index in [2.05, 4.69) is 26.2 Å². The Morgan fingerprint density at radius 1 is 1.44 bits per heavy atom. The third-order valence-corrected chi connectivity index (χ3v) is 4.16. The first kappa shape index (κ1) is 11.6. The van der Waals surface area contributed by atoms with Gasteiger partial charge in [0.2, 0.25) is 5.91 Å². The molecule has 1 fully saturated rings. The molecule has 94 valence electrons. The van der Waals surface area contributed by atoms with Gasteiger partial charge in [-0.3, -0.25) is 4.79 Å². The number of likely N-dealkylation sites (tertiary alicyclic amines) is 1. The number of carbonyl (C=O) groups is 1. The van der Waals surface area contributed by atoms with Crippen LogP contribution in [0.1, 0.15) is 12.0 Å². The molecule has 2 heterocycles. The van der Waals surface area contributed by atoms with E-state index in [0.29, 0.717) is 18.9 Å². The molecule has 1 aliphatic heterocycles. The predicted molar refractivity (Wildman–Crippen MR) is 69.1 cm³/mol. The van der Waals surface area contributed by atoms with Gasteiger partial charge in [-0.05, 0) is 22.3 Å². The Hall–Kier alpha value is -1.43. The van der Waals surface area contributed by atoms with Crippen molar-refractivity contribution in [2.75, 3.05) is 11.9 Å². The Morgan fingerprint density at radius 2 is 2.33 bits per heavy atom. The fraction of sp³-hybridized carbons (Fsp3) is 0.417. The highest BCUT2D eigenvalue weighted by atomic mass is 79.9. The van der Waals surface area contributed by atoms with E-state index in [-0.39, 0.29) is 5.91 Å². The molecule has 0 saturated carbocycles. The molecule has 0 radical (unpaired) electrons. The molecule has 1 aromatic heterocycles. The summed E-state index contributed by atoms with van der Waals surface area (Å²) < 4.78 is 4.73. The molecule has 3 rings (SSSR count). The minimum atomic E-state index is 0.202. The van der Waals surface area contributed by atoms with Gasteiger partial charge in [-0.25, -0.2) is 4.63 Å². The van der Waals surface area contributed by atoms with E-state index >= 15 is 0 Å². The highest BCUT2D eigenvalue weighted by Gasteiger charge is 2.29. The molecule has 0 bridgehead atoms. The van der Waals surface area contributed by atoms with E-state index in [1.165, 1.54) is 0 Å². The summed E-state index contributed by atoms with van der Waals surface area (Å²) in [4.78, 5) is 13.7. The molecule has 5 nitrogen and oxygen atoms in total. The summed E-state index contributed by atoms with van der Waals surface area (Å²) in [6.45, 7) is 1.37. The monoisotopic (exact) mass is 309 g/mol. The second kappa shape index (κ2) is 4.68. The number of hydrogen-bond acceptors (Lipinski definition) is 4. The van der Waals surface area contributed by atoms with Gasteiger partial charge in [-0.1, -0.05) is 28.1 Å². The van der Waals surface area contributed by atoms with Crippen LogP contribution in [0.3, 0.4) is 0 Å². The third kappa shape index (κ3) is 2.01. The van der Waals surface area contributed by atoms with Gasteiger partial charge in [-0.15, -0.1) is 0 Å². The van der Waals surface area contributed by atoms with Crippen LogP contribution in [0.15, 0.2) is 22.8 Å². The summed E-state index contributed by atoms with van der Waals surface area (Å²) >= 11 is 3.43. The summed E-state index contributed by atoms with van der Waals surface area (Å²) in [5.74, 6) is 0.611. The van der Waals surface area contributed by atoms with Crippen LogP contribution >= 0.6 is 15.9 Å². The van der Waals surface area contributed by atoms with Crippen LogP contribution in [-0.4, -0.2) is 33.0 Å². The Bertz CT molecular complexity index is 583. The first-order valence-electron chi connectivity index (χ1n) is 5.82. The van der Waals surface area contributed by atoms with Gasteiger partial charge < -0.3 is 4.90 Å². The molecule has 6 heteroatoms. The summed E-state index contributed by atoms with van der Waals surface area (Å²) in [7, 11) is 0. The van der Waals surface area contributed by atoms with Crippen molar-refractivity contribution in [1.82, 2.24) is 15.2 Å². The molecule has 1 saturated heterocycles. The lowest BCUT2D eigenvalue weighted by molar-refractivity contribution is -0.128. The lowest BCUT2D eigenvalue weighted by Gasteiger charge is -2.16. The number of nitrogens with zero attached hydrogens (tertiary/aromatic N) is 3. The van der Waals surface area contributed by atoms with E-state index in [1.807, 2.05) is 23.1 Å². The van der Waals surface area contributed by atoms with Crippen LogP contribution in [0.25, 0.3) is 11.0 Å². The number of halogens is 1. The molecule has 2 aromatic rings. The number of rotatable bonds is 3. The van der Waals surface area contributed by atoms with Crippen LogP contribution in [-0.2, 0) is 11.3 Å². The molecule has 1 amide bonds. The molecule has 0 aliphatic carbocycles. The summed E-state index contributed by atoms with van der Waals surface area (Å²) in [5, 5.41) is 8.56. The number of benzene rings is 1. The SMILES string of the molecule is O=C1CC(CBr)CN1Cc1cccc2nonc12. The Balaban J connectivity index is 1.84. The summed E-state index contributed by atoms with van der Waals surface area (Å²) in [5.41, 5.74) is 2.46. The molecule has 0 spiro atoms. The zero-order valence-electron chi connectivity index (χ0n) is 9.67. The van der Waals surface area contributed by atoms with Crippen LogP contribution < -0.4 is 0 Å². The van der Waals surface area contributed by atoms with Crippen molar-refractivity contribution in [1.29, 1.82) is 0 Å². The molecule has 18 heavy (non-hydrogen) atoms. The quantitative estimate of drug-likeness (QED) is 0.813. The van der Waals surface area contributed by atoms with Crippen molar-refractivity contribution in [3.8, 4) is 0 Å². The maximum absolute atomic E-state index is 11.9. The second-order valence-corrected chi connectivity index (χ2v) is 5.20. The predicted octanol–water partition coefficient (Wildman–Crippen LogP) is 1.97. The smallest absolute Gasteiger partial charge is 0.223 e. The first-order chi connectivity index (χ1) is 8.78. The van der Waals surface area contributed by atoms with E-state index in [4.69, 9.17) is 4.63 Å². The first-order valence-corrected chi connectivity index (χ1v) is 6.94. The van der Waals surface area contributed by atoms with Crippen LogP contribution in [0.2, 0.25) is 0 Å². The standard InChI is InChI=1S/C12H12BrN3O2/c13-5-8-4-11(17)16(6-8)7-9-2-1-3-10-12(9)15-18-14-10/h1-3,8H,4-7H2. The molecule has 0 N–H and O–H groups in total. The number of fused-ring (bicyclic) bond motifs is 1. The Kier molecular flexibility index (Phi) is 3.03. The lowest BCUT2D eigenvalue weighted by Crippen LogP contribution is -2.24. The zero-order valence-corrected chi connectivity index (χ0v) is 11.3. The van der Waals surface area contributed by atoms with E-state index in [0.717, 1.165) is 28.5 Å². The fourth-order valence-corrected chi connectivity index (χ4v) is 2.74. The third-order valence-electron chi connectivity index (χ3n) is 3.24. The van der Waals surface area contributed by atoms with Crippen LogP contribution in [0.4, 0.5) is 0 Å². The number of aromatic nitrogens is 2. The maximum Gasteiger partial charge on any atom is 0.223 e. The molecular formula is C12H12BrN3O2. The highest BCUT2D eigenvalue weighted by molar-refractivity contribution is 9.09. The van der Waals surface area contributed by atoms with Gasteiger partial charge in [0.1, 0.15) is 11.0 Å². The average Bonchev–Trinajstić information content (AvgIpc) is 2.97. The Labute approximate surface area is 112 Å². The van der Waals surface area contributed by atoms with Crippen molar-refractivity contribution < 1.29 is 9.42 Å². The van der Waals surface area contributed by atoms with Crippen molar-refractivity contribution >= 4 is 32.9 Å². The topological polar surface area (TPSA) is 59.2 Å². The van der Waals surface area contributed by atoms with E-state index in [1.54, 1.807) is 0 Å². The minimum Gasteiger partial charge on any atom is -0.338 e. The van der Waals surface area contributed by atoms with Gasteiger partial charge in [0.15, 0.2) is 0 Å². The molecule has 1 aliphatic rings. The van der Waals surface area contributed by atoms with Crippen LogP contribution in [0, 0.1) is 5.92 Å². The molecule has 1 aromatic carbocycles. The average molecular weight is 310 g/mol. The van der Waals surface area contributed by atoms with Gasteiger partial charge in [0.05, 0.1) is 0 Å². The van der Waals surface area contributed by atoms with E-state index < -0.39 is 0 Å². The minimum absolute atomic E-state index is 0.202. The molecule has 1 unspecified atom stereocenters. The summed E-state index contributed by atoms with van der Waals surface area (Å²) in [6, 6.07) is 5.72. The van der Waals surface area contributed by atoms with Crippen molar-refractivity contribution in [3.05, 3.63) is 23.8 Å². The number of hydrogen-bond donors (Lipinski definition) is 0. The van der Waals surface area contributed by atoms with Crippen molar-refractivity contribution in [3.63, 3.8) is 0 Å². The highest BCUT2D eigenvalue weighted by Crippen LogP contribution is 2.23. The van der Waals surface area contributed by atoms with Gasteiger partial charge in [0.25, 0.3) is 0 Å². The molecule has 1 atom stereocenters. The Morgan fingerprint density at radius 3 is 3.11 bits per heavy atom. The fourth-order valence-electron chi connectivity index (χ4n) is 2.31. The zero-order chi connectivity index (χ0) is 12.5. The lowest BCUT2D eigenvalue weighted by atomic mass is 10.1. The maximum atomic E-state index is 11.9. The van der Waals surface area contributed by atoms with Gasteiger partial charge >= 0.3 is 0 Å². The number of amides is 1. The van der Waals surface area contributed by atoms with Crippen molar-refractivity contribution in [2.24, 2.45) is 5.92 Å². The normalized spacial score (nSPS) is 19.9. The van der Waals surface area contributed by atoms with Gasteiger partial charge in [-0.2, -0.15) is 0 Å². The number of alkyl halides is 1. The van der Waals surface area contributed by atoms with E-state index in [9.17, 15) is 4.79 Å². The van der Waals surface area contributed by atoms with Gasteiger partial charge in [0, 0.05) is 30.4 Å². The van der Waals surface area contributed by atoms with Crippen molar-refractivity contribution in [2.45, 2.75) is 13.0 Å². The summed E-state index contributed by atoms with van der Waals surface area (Å²) in [6.07, 6.45) is 0.623. The number of carbonyl (C=O) groups excluding carboxylic acids is 1. The van der Waals surface area contributed by atoms with Crippen LogP contribution in [0.5, 0.6) is 0 Å². The largest absolute Gasteiger partial charge is 0.338 e.